The Kier molecular flexibility index (Phi) is 4.84. The number of benzene rings is 2. The second-order valence-corrected chi connectivity index (χ2v) is 6.39. The van der Waals surface area contributed by atoms with Gasteiger partial charge in [0.1, 0.15) is 11.9 Å². The Morgan fingerprint density at radius 2 is 2.05 bits per heavy atom. The van der Waals surface area contributed by atoms with Crippen LogP contribution in [-0.4, -0.2) is 25.4 Å². The van der Waals surface area contributed by atoms with Gasteiger partial charge in [0.25, 0.3) is 0 Å². The van der Waals surface area contributed by atoms with Gasteiger partial charge in [0.15, 0.2) is 0 Å². The van der Waals surface area contributed by atoms with Gasteiger partial charge in [0.2, 0.25) is 0 Å². The third kappa shape index (κ3) is 3.42. The van der Waals surface area contributed by atoms with Crippen molar-refractivity contribution in [2.75, 3.05) is 19.3 Å². The predicted molar refractivity (Wildman–Crippen MR) is 92.1 cm³/mol. The van der Waals surface area contributed by atoms with Gasteiger partial charge in [-0.2, -0.15) is 0 Å². The van der Waals surface area contributed by atoms with Crippen molar-refractivity contribution in [1.29, 1.82) is 0 Å². The highest BCUT2D eigenvalue weighted by Gasteiger charge is 2.20. The highest BCUT2D eigenvalue weighted by atomic mass is 32.2. The molecule has 0 bridgehead atoms. The fourth-order valence-electron chi connectivity index (χ4n) is 2.65. The summed E-state index contributed by atoms with van der Waals surface area (Å²) in [7, 11) is 1.99. The van der Waals surface area contributed by atoms with Crippen molar-refractivity contribution >= 4 is 22.5 Å². The quantitative estimate of drug-likeness (QED) is 0.863. The van der Waals surface area contributed by atoms with E-state index in [4.69, 9.17) is 4.74 Å². The number of allylic oxidation sites excluding steroid dienone is 1. The summed E-state index contributed by atoms with van der Waals surface area (Å²) in [4.78, 5) is 1.39. The molecular formula is C18H21NOS. The molecule has 1 heterocycles. The molecule has 0 amide bonds. The molecule has 0 radical (unpaired) electrons. The van der Waals surface area contributed by atoms with Gasteiger partial charge < -0.3 is 10.1 Å². The van der Waals surface area contributed by atoms with Crippen molar-refractivity contribution in [3.8, 4) is 5.75 Å². The molecule has 2 nitrogen and oxygen atoms in total. The molecule has 1 atom stereocenters. The smallest absolute Gasteiger partial charge is 0.130 e. The standard InChI is InChI=1S/C18H21NOS/c1-19-12-11-17(18-10-5-13-21-18)20-16-9-4-7-14-6-2-3-8-15(14)16/h2-4,6-10,17,19H,5,11-13H2,1H3/t17-/m0/s1. The summed E-state index contributed by atoms with van der Waals surface area (Å²) >= 11 is 1.93. The Morgan fingerprint density at radius 3 is 2.86 bits per heavy atom. The lowest BCUT2D eigenvalue weighted by molar-refractivity contribution is 0.237. The lowest BCUT2D eigenvalue weighted by Crippen LogP contribution is -2.23. The Morgan fingerprint density at radius 1 is 1.19 bits per heavy atom. The van der Waals surface area contributed by atoms with Crippen LogP contribution < -0.4 is 10.1 Å². The minimum absolute atomic E-state index is 0.163. The molecule has 0 spiro atoms. The van der Waals surface area contributed by atoms with E-state index >= 15 is 0 Å². The molecular weight excluding hydrogens is 278 g/mol. The maximum atomic E-state index is 6.38. The minimum atomic E-state index is 0.163. The first-order chi connectivity index (χ1) is 10.4. The Balaban J connectivity index is 1.86. The van der Waals surface area contributed by atoms with E-state index in [0.717, 1.165) is 25.1 Å². The molecule has 3 heteroatoms. The third-order valence-electron chi connectivity index (χ3n) is 3.72. The van der Waals surface area contributed by atoms with Crippen molar-refractivity contribution in [2.45, 2.75) is 18.9 Å². The topological polar surface area (TPSA) is 21.3 Å². The molecule has 2 aromatic carbocycles. The molecule has 1 aliphatic heterocycles. The molecule has 0 unspecified atom stereocenters. The van der Waals surface area contributed by atoms with Crippen molar-refractivity contribution < 1.29 is 4.74 Å². The normalized spacial score (nSPS) is 16.0. The largest absolute Gasteiger partial charge is 0.485 e. The van der Waals surface area contributed by atoms with E-state index in [2.05, 4.69) is 53.9 Å². The summed E-state index contributed by atoms with van der Waals surface area (Å²) in [6.45, 7) is 0.966. The van der Waals surface area contributed by atoms with Crippen molar-refractivity contribution in [2.24, 2.45) is 0 Å². The maximum absolute atomic E-state index is 6.38. The van der Waals surface area contributed by atoms with Crippen LogP contribution in [0.15, 0.2) is 53.4 Å². The van der Waals surface area contributed by atoms with Crippen LogP contribution in [0.4, 0.5) is 0 Å². The molecule has 0 aromatic heterocycles. The van der Waals surface area contributed by atoms with E-state index in [-0.39, 0.29) is 6.10 Å². The molecule has 0 aliphatic carbocycles. The summed E-state index contributed by atoms with van der Waals surface area (Å²) in [5.41, 5.74) is 0. The van der Waals surface area contributed by atoms with E-state index in [1.54, 1.807) is 0 Å². The van der Waals surface area contributed by atoms with Crippen LogP contribution in [0.1, 0.15) is 12.8 Å². The molecule has 21 heavy (non-hydrogen) atoms. The van der Waals surface area contributed by atoms with Gasteiger partial charge in [-0.05, 0) is 31.5 Å². The first kappa shape index (κ1) is 14.5. The molecule has 1 aliphatic rings. The van der Waals surface area contributed by atoms with Crippen molar-refractivity contribution in [3.63, 3.8) is 0 Å². The van der Waals surface area contributed by atoms with E-state index in [1.165, 1.54) is 21.4 Å². The highest BCUT2D eigenvalue weighted by Crippen LogP contribution is 2.33. The van der Waals surface area contributed by atoms with Gasteiger partial charge in [0, 0.05) is 22.5 Å². The fraction of sp³-hybridized carbons (Fsp3) is 0.333. The predicted octanol–water partition coefficient (Wildman–Crippen LogP) is 4.22. The Labute approximate surface area is 130 Å². The van der Waals surface area contributed by atoms with Crippen LogP contribution >= 0.6 is 11.8 Å². The molecule has 3 rings (SSSR count). The van der Waals surface area contributed by atoms with Crippen molar-refractivity contribution in [1.82, 2.24) is 5.32 Å². The Hall–Kier alpha value is -1.45. The number of fused-ring (bicyclic) bond motifs is 1. The van der Waals surface area contributed by atoms with Crippen LogP contribution in [0.5, 0.6) is 5.75 Å². The molecule has 1 N–H and O–H groups in total. The SMILES string of the molecule is CNCC[C@H](Oc1cccc2ccccc12)C1=CCCS1. The summed E-state index contributed by atoms with van der Waals surface area (Å²) in [6.07, 6.45) is 4.65. The van der Waals surface area contributed by atoms with Crippen molar-refractivity contribution in [3.05, 3.63) is 53.4 Å². The highest BCUT2D eigenvalue weighted by molar-refractivity contribution is 8.03. The van der Waals surface area contributed by atoms with Gasteiger partial charge in [-0.1, -0.05) is 42.5 Å². The van der Waals surface area contributed by atoms with Gasteiger partial charge in [0.05, 0.1) is 0 Å². The summed E-state index contributed by atoms with van der Waals surface area (Å²) in [6, 6.07) is 14.7. The van der Waals surface area contributed by atoms with Crippen LogP contribution in [-0.2, 0) is 0 Å². The number of thioether (sulfide) groups is 1. The van der Waals surface area contributed by atoms with E-state index < -0.39 is 0 Å². The average molecular weight is 299 g/mol. The minimum Gasteiger partial charge on any atom is -0.485 e. The van der Waals surface area contributed by atoms with E-state index in [9.17, 15) is 0 Å². The van der Waals surface area contributed by atoms with Gasteiger partial charge in [-0.25, -0.2) is 0 Å². The molecule has 0 fully saturated rings. The number of rotatable bonds is 6. The zero-order chi connectivity index (χ0) is 14.5. The first-order valence-corrected chi connectivity index (χ1v) is 8.49. The van der Waals surface area contributed by atoms with Gasteiger partial charge in [-0.3, -0.25) is 0 Å². The maximum Gasteiger partial charge on any atom is 0.130 e. The van der Waals surface area contributed by atoms with Gasteiger partial charge >= 0.3 is 0 Å². The zero-order valence-electron chi connectivity index (χ0n) is 12.3. The van der Waals surface area contributed by atoms with Gasteiger partial charge in [-0.15, -0.1) is 11.8 Å². The van der Waals surface area contributed by atoms with Crippen LogP contribution in [0.3, 0.4) is 0 Å². The second kappa shape index (κ2) is 7.01. The first-order valence-electron chi connectivity index (χ1n) is 7.50. The van der Waals surface area contributed by atoms with Crippen LogP contribution in [0.25, 0.3) is 10.8 Å². The van der Waals surface area contributed by atoms with E-state index in [1.807, 2.05) is 18.8 Å². The van der Waals surface area contributed by atoms with E-state index in [0.29, 0.717) is 0 Å². The zero-order valence-corrected chi connectivity index (χ0v) is 13.2. The number of hydrogen-bond donors (Lipinski definition) is 1. The fourth-order valence-corrected chi connectivity index (χ4v) is 3.71. The Bertz CT molecular complexity index is 633. The lowest BCUT2D eigenvalue weighted by Gasteiger charge is -2.21. The average Bonchev–Trinajstić information content (AvgIpc) is 3.06. The number of hydrogen-bond acceptors (Lipinski definition) is 3. The lowest BCUT2D eigenvalue weighted by atomic mass is 10.1. The van der Waals surface area contributed by atoms with Crippen LogP contribution in [0, 0.1) is 0 Å². The molecule has 110 valence electrons. The number of nitrogens with one attached hydrogen (secondary N) is 1. The third-order valence-corrected chi connectivity index (χ3v) is 4.93. The second-order valence-electron chi connectivity index (χ2n) is 5.22. The number of ether oxygens (including phenoxy) is 1. The summed E-state index contributed by atoms with van der Waals surface area (Å²) in [5, 5.41) is 5.65. The monoisotopic (exact) mass is 299 g/mol. The summed E-state index contributed by atoms with van der Waals surface area (Å²) < 4.78 is 6.38. The van der Waals surface area contributed by atoms with Crippen LogP contribution in [0.2, 0.25) is 0 Å². The molecule has 2 aromatic rings. The molecule has 0 saturated heterocycles. The molecule has 0 saturated carbocycles. The summed E-state index contributed by atoms with van der Waals surface area (Å²) in [5.74, 6) is 2.17.